The van der Waals surface area contributed by atoms with Crippen molar-refractivity contribution in [3.05, 3.63) is 82.2 Å². The lowest BCUT2D eigenvalue weighted by Gasteiger charge is -2.08. The molecule has 0 spiro atoms. The maximum absolute atomic E-state index is 12.5. The first-order valence-corrected chi connectivity index (χ1v) is 8.41. The Morgan fingerprint density at radius 1 is 1.00 bits per heavy atom. The van der Waals surface area contributed by atoms with E-state index in [-0.39, 0.29) is 5.91 Å². The predicted molar refractivity (Wildman–Crippen MR) is 101 cm³/mol. The summed E-state index contributed by atoms with van der Waals surface area (Å²) in [6, 6.07) is 16.0. The largest absolute Gasteiger partial charge is 0.319 e. The van der Waals surface area contributed by atoms with Gasteiger partial charge in [0.2, 0.25) is 0 Å². The second-order valence-electron chi connectivity index (χ2n) is 6.52. The van der Waals surface area contributed by atoms with Crippen LogP contribution in [0.3, 0.4) is 0 Å². The molecule has 25 heavy (non-hydrogen) atoms. The fourth-order valence-electron chi connectivity index (χ4n) is 2.99. The number of hydrogen-bond donors (Lipinski definition) is 1. The molecule has 1 heterocycles. The first-order valence-electron chi connectivity index (χ1n) is 8.41. The molecule has 1 amide bonds. The Kier molecular flexibility index (Phi) is 4.70. The highest BCUT2D eigenvalue weighted by Crippen LogP contribution is 2.21. The van der Waals surface area contributed by atoms with Crippen LogP contribution >= 0.6 is 0 Å². The van der Waals surface area contributed by atoms with Crippen LogP contribution < -0.4 is 5.32 Å². The van der Waals surface area contributed by atoms with Crippen LogP contribution in [0.15, 0.2) is 48.5 Å². The van der Waals surface area contributed by atoms with Crippen molar-refractivity contribution in [2.24, 2.45) is 0 Å². The van der Waals surface area contributed by atoms with E-state index < -0.39 is 0 Å². The van der Waals surface area contributed by atoms with Crippen molar-refractivity contribution >= 4 is 11.6 Å². The molecule has 0 fully saturated rings. The normalized spacial score (nSPS) is 10.7. The van der Waals surface area contributed by atoms with Gasteiger partial charge in [-0.3, -0.25) is 9.48 Å². The Labute approximate surface area is 148 Å². The van der Waals surface area contributed by atoms with Gasteiger partial charge in [0.1, 0.15) is 0 Å². The van der Waals surface area contributed by atoms with Crippen LogP contribution in [0.1, 0.15) is 38.4 Å². The average molecular weight is 333 g/mol. The highest BCUT2D eigenvalue weighted by atomic mass is 16.1. The molecule has 3 rings (SSSR count). The Morgan fingerprint density at radius 3 is 2.36 bits per heavy atom. The fraction of sp³-hybridized carbons (Fsp3) is 0.238. The minimum atomic E-state index is -0.106. The zero-order valence-corrected chi connectivity index (χ0v) is 15.1. The lowest BCUT2D eigenvalue weighted by Crippen LogP contribution is -2.13. The van der Waals surface area contributed by atoms with E-state index in [1.165, 1.54) is 11.1 Å². The summed E-state index contributed by atoms with van der Waals surface area (Å²) in [5.74, 6) is -0.106. The number of aromatic nitrogens is 2. The number of amides is 1. The van der Waals surface area contributed by atoms with Crippen molar-refractivity contribution in [2.75, 3.05) is 5.32 Å². The summed E-state index contributed by atoms with van der Waals surface area (Å²) < 4.78 is 1.94. The number of hydrogen-bond acceptors (Lipinski definition) is 2. The molecule has 0 aliphatic carbocycles. The Hall–Kier alpha value is -2.88. The zero-order chi connectivity index (χ0) is 18.0. The lowest BCUT2D eigenvalue weighted by molar-refractivity contribution is 0.102. The number of nitrogens with one attached hydrogen (secondary N) is 1. The second-order valence-corrected chi connectivity index (χ2v) is 6.52. The molecule has 0 saturated carbocycles. The molecule has 0 aliphatic rings. The number of carbonyl (C=O) groups is 1. The molecule has 4 nitrogen and oxygen atoms in total. The molecule has 0 unspecified atom stereocenters. The maximum atomic E-state index is 12.5. The number of aryl methyl sites for hydroxylation is 3. The van der Waals surface area contributed by atoms with Crippen LogP contribution in [0.4, 0.5) is 5.69 Å². The first-order chi connectivity index (χ1) is 11.9. The molecule has 128 valence electrons. The van der Waals surface area contributed by atoms with Crippen molar-refractivity contribution in [2.45, 2.75) is 34.2 Å². The molecule has 1 aromatic heterocycles. The van der Waals surface area contributed by atoms with Gasteiger partial charge in [0, 0.05) is 5.56 Å². The Bertz CT molecular complexity index is 925. The second kappa shape index (κ2) is 6.93. The van der Waals surface area contributed by atoms with Gasteiger partial charge in [-0.15, -0.1) is 0 Å². The molecule has 4 heteroatoms. The number of nitrogens with zero attached hydrogens (tertiary/aromatic N) is 2. The van der Waals surface area contributed by atoms with Gasteiger partial charge in [-0.2, -0.15) is 5.10 Å². The van der Waals surface area contributed by atoms with Crippen molar-refractivity contribution in [3.8, 4) is 0 Å². The summed E-state index contributed by atoms with van der Waals surface area (Å²) in [7, 11) is 0. The molecule has 3 aromatic rings. The first kappa shape index (κ1) is 17.0. The van der Waals surface area contributed by atoms with Gasteiger partial charge in [-0.25, -0.2) is 0 Å². The van der Waals surface area contributed by atoms with Crippen molar-refractivity contribution in [3.63, 3.8) is 0 Å². The average Bonchev–Trinajstić information content (AvgIpc) is 2.82. The highest BCUT2D eigenvalue weighted by Gasteiger charge is 2.15. The van der Waals surface area contributed by atoms with Crippen LogP contribution in [0.2, 0.25) is 0 Å². The highest BCUT2D eigenvalue weighted by molar-refractivity contribution is 6.04. The van der Waals surface area contributed by atoms with Crippen LogP contribution in [0.5, 0.6) is 0 Å². The maximum Gasteiger partial charge on any atom is 0.255 e. The molecule has 0 bridgehead atoms. The summed E-state index contributed by atoms with van der Waals surface area (Å²) >= 11 is 0. The van der Waals surface area contributed by atoms with Gasteiger partial charge in [-0.1, -0.05) is 47.5 Å². The molecule has 1 N–H and O–H groups in total. The molecule has 0 aliphatic heterocycles. The third-order valence-electron chi connectivity index (χ3n) is 4.32. The van der Waals surface area contributed by atoms with Crippen molar-refractivity contribution in [1.82, 2.24) is 9.78 Å². The van der Waals surface area contributed by atoms with Gasteiger partial charge in [0.15, 0.2) is 0 Å². The van der Waals surface area contributed by atoms with Gasteiger partial charge in [-0.05, 0) is 45.4 Å². The molecule has 0 saturated heterocycles. The van der Waals surface area contributed by atoms with E-state index in [1.807, 2.05) is 49.7 Å². The zero-order valence-electron chi connectivity index (χ0n) is 15.1. The predicted octanol–water partition coefficient (Wildman–Crippen LogP) is 4.42. The van der Waals surface area contributed by atoms with E-state index in [2.05, 4.69) is 41.6 Å². The van der Waals surface area contributed by atoms with Crippen LogP contribution in [0.25, 0.3) is 0 Å². The van der Waals surface area contributed by atoms with Crippen LogP contribution in [-0.4, -0.2) is 15.7 Å². The SMILES string of the molecule is Cc1cccc(Cn2nc(C)c(NC(=O)c3cccc(C)c3)c2C)c1. The molecular formula is C21H23N3O. The van der Waals surface area contributed by atoms with E-state index in [0.29, 0.717) is 12.1 Å². The smallest absolute Gasteiger partial charge is 0.255 e. The summed E-state index contributed by atoms with van der Waals surface area (Å²) in [6.07, 6.45) is 0. The van der Waals surface area contributed by atoms with Gasteiger partial charge in [0.25, 0.3) is 5.91 Å². The summed E-state index contributed by atoms with van der Waals surface area (Å²) in [6.45, 7) is 8.66. The van der Waals surface area contributed by atoms with E-state index in [9.17, 15) is 4.79 Å². The van der Waals surface area contributed by atoms with Gasteiger partial charge in [0.05, 0.1) is 23.6 Å². The number of carbonyl (C=O) groups excluding carboxylic acids is 1. The monoisotopic (exact) mass is 333 g/mol. The topological polar surface area (TPSA) is 46.9 Å². The van der Waals surface area contributed by atoms with Crippen LogP contribution in [0, 0.1) is 27.7 Å². The van der Waals surface area contributed by atoms with Crippen molar-refractivity contribution < 1.29 is 4.79 Å². The quantitative estimate of drug-likeness (QED) is 0.768. The van der Waals surface area contributed by atoms with E-state index in [4.69, 9.17) is 0 Å². The number of rotatable bonds is 4. The van der Waals surface area contributed by atoms with E-state index >= 15 is 0 Å². The van der Waals surface area contributed by atoms with Crippen LogP contribution in [-0.2, 0) is 6.54 Å². The number of anilines is 1. The minimum absolute atomic E-state index is 0.106. The van der Waals surface area contributed by atoms with E-state index in [1.54, 1.807) is 0 Å². The summed E-state index contributed by atoms with van der Waals surface area (Å²) in [5, 5.41) is 7.62. The standard InChI is InChI=1S/C21H23N3O/c1-14-7-5-9-18(11-14)13-24-17(4)20(16(3)23-24)22-21(25)19-10-6-8-15(2)12-19/h5-12H,13H2,1-4H3,(H,22,25). The lowest BCUT2D eigenvalue weighted by atomic mass is 10.1. The summed E-state index contributed by atoms with van der Waals surface area (Å²) in [5.41, 5.74) is 6.72. The van der Waals surface area contributed by atoms with Gasteiger partial charge < -0.3 is 5.32 Å². The third kappa shape index (κ3) is 3.79. The fourth-order valence-corrected chi connectivity index (χ4v) is 2.99. The molecular weight excluding hydrogens is 310 g/mol. The number of benzene rings is 2. The summed E-state index contributed by atoms with van der Waals surface area (Å²) in [4.78, 5) is 12.5. The van der Waals surface area contributed by atoms with Gasteiger partial charge >= 0.3 is 0 Å². The third-order valence-corrected chi connectivity index (χ3v) is 4.32. The molecule has 0 atom stereocenters. The van der Waals surface area contributed by atoms with E-state index in [0.717, 1.165) is 22.6 Å². The van der Waals surface area contributed by atoms with Crippen molar-refractivity contribution in [1.29, 1.82) is 0 Å². The molecule has 2 aromatic carbocycles. The molecule has 0 radical (unpaired) electrons. The minimum Gasteiger partial charge on any atom is -0.319 e. The Balaban J connectivity index is 1.83. The Morgan fingerprint density at radius 2 is 1.68 bits per heavy atom.